The van der Waals surface area contributed by atoms with Crippen LogP contribution in [0.2, 0.25) is 0 Å². The number of benzene rings is 2. The van der Waals surface area contributed by atoms with Crippen molar-refractivity contribution in [2.24, 2.45) is 0 Å². The van der Waals surface area contributed by atoms with E-state index in [1.807, 2.05) is 55.5 Å². The summed E-state index contributed by atoms with van der Waals surface area (Å²) in [4.78, 5) is 24.8. The molecule has 0 heterocycles. The lowest BCUT2D eigenvalue weighted by atomic mass is 10.0. The highest BCUT2D eigenvalue weighted by atomic mass is 16.5. The van der Waals surface area contributed by atoms with Crippen molar-refractivity contribution in [3.05, 3.63) is 71.8 Å². The Morgan fingerprint density at radius 2 is 1.65 bits per heavy atom. The Kier molecular flexibility index (Phi) is 8.36. The van der Waals surface area contributed by atoms with Crippen LogP contribution in [-0.4, -0.2) is 31.6 Å². The summed E-state index contributed by atoms with van der Waals surface area (Å²) in [5.74, 6) is -0.285. The maximum absolute atomic E-state index is 12.5. The van der Waals surface area contributed by atoms with Gasteiger partial charge in [-0.2, -0.15) is 0 Å². The molecule has 2 rings (SSSR count). The molecule has 1 unspecified atom stereocenters. The van der Waals surface area contributed by atoms with Crippen molar-refractivity contribution in [3.63, 3.8) is 0 Å². The minimum atomic E-state index is -0.379. The van der Waals surface area contributed by atoms with Crippen LogP contribution in [0.25, 0.3) is 0 Å². The van der Waals surface area contributed by atoms with E-state index in [0.29, 0.717) is 25.3 Å². The quantitative estimate of drug-likeness (QED) is 0.644. The van der Waals surface area contributed by atoms with Gasteiger partial charge in [-0.05, 0) is 31.0 Å². The number of carbonyl (C=O) groups excluding carboxylic acids is 2. The zero-order chi connectivity index (χ0) is 18.6. The Bertz CT molecular complexity index is 674. The van der Waals surface area contributed by atoms with Crippen LogP contribution in [0.5, 0.6) is 0 Å². The molecule has 0 radical (unpaired) electrons. The second-order valence-corrected chi connectivity index (χ2v) is 5.91. The molecule has 26 heavy (non-hydrogen) atoms. The monoisotopic (exact) mass is 354 g/mol. The highest BCUT2D eigenvalue weighted by Crippen LogP contribution is 2.17. The summed E-state index contributed by atoms with van der Waals surface area (Å²) in [7, 11) is 0. The standard InChI is InChI=1S/C21H26N2O3/c1-2-26-15-9-14-22-20(24)16-19(17-10-5-3-6-11-17)23-21(25)18-12-7-4-8-13-18/h3-8,10-13,19H,2,9,14-16H2,1H3,(H,22,24)(H,23,25). The first-order valence-electron chi connectivity index (χ1n) is 8.96. The van der Waals surface area contributed by atoms with Gasteiger partial charge in [-0.25, -0.2) is 0 Å². The van der Waals surface area contributed by atoms with Crippen molar-refractivity contribution in [2.75, 3.05) is 19.8 Å². The number of carbonyl (C=O) groups is 2. The molecule has 138 valence electrons. The summed E-state index contributed by atoms with van der Waals surface area (Å²) in [5.41, 5.74) is 1.48. The Hall–Kier alpha value is -2.66. The fraction of sp³-hybridized carbons (Fsp3) is 0.333. The third-order valence-electron chi connectivity index (χ3n) is 3.92. The molecular formula is C21H26N2O3. The second-order valence-electron chi connectivity index (χ2n) is 5.91. The van der Waals surface area contributed by atoms with E-state index >= 15 is 0 Å². The average Bonchev–Trinajstić information content (AvgIpc) is 2.68. The van der Waals surface area contributed by atoms with Crippen LogP contribution in [0.1, 0.15) is 41.7 Å². The normalized spacial score (nSPS) is 11.6. The van der Waals surface area contributed by atoms with Crippen LogP contribution in [0.4, 0.5) is 0 Å². The van der Waals surface area contributed by atoms with Crippen molar-refractivity contribution in [1.29, 1.82) is 0 Å². The average molecular weight is 354 g/mol. The van der Waals surface area contributed by atoms with Crippen LogP contribution in [0.15, 0.2) is 60.7 Å². The second kappa shape index (κ2) is 11.1. The van der Waals surface area contributed by atoms with Gasteiger partial charge in [-0.15, -0.1) is 0 Å². The van der Waals surface area contributed by atoms with Gasteiger partial charge in [0.25, 0.3) is 5.91 Å². The van der Waals surface area contributed by atoms with Crippen LogP contribution in [-0.2, 0) is 9.53 Å². The summed E-state index contributed by atoms with van der Waals surface area (Å²) in [6.07, 6.45) is 0.961. The van der Waals surface area contributed by atoms with Crippen LogP contribution in [0.3, 0.4) is 0 Å². The van der Waals surface area contributed by atoms with Crippen molar-refractivity contribution < 1.29 is 14.3 Å². The predicted molar refractivity (Wildman–Crippen MR) is 102 cm³/mol. The topological polar surface area (TPSA) is 67.4 Å². The van der Waals surface area contributed by atoms with Gasteiger partial charge in [0.05, 0.1) is 12.5 Å². The number of hydrogen-bond donors (Lipinski definition) is 2. The van der Waals surface area contributed by atoms with Crippen LogP contribution >= 0.6 is 0 Å². The summed E-state index contributed by atoms with van der Waals surface area (Å²) in [6.45, 7) is 3.81. The van der Waals surface area contributed by atoms with Gasteiger partial charge < -0.3 is 15.4 Å². The van der Waals surface area contributed by atoms with Gasteiger partial charge in [0.1, 0.15) is 0 Å². The van der Waals surface area contributed by atoms with Crippen molar-refractivity contribution in [2.45, 2.75) is 25.8 Å². The van der Waals surface area contributed by atoms with E-state index < -0.39 is 0 Å². The number of rotatable bonds is 10. The number of nitrogens with one attached hydrogen (secondary N) is 2. The summed E-state index contributed by atoms with van der Waals surface area (Å²) >= 11 is 0. The molecule has 2 amide bonds. The molecule has 2 aromatic carbocycles. The van der Waals surface area contributed by atoms with Crippen molar-refractivity contribution in [3.8, 4) is 0 Å². The minimum absolute atomic E-state index is 0.0938. The maximum Gasteiger partial charge on any atom is 0.251 e. The molecule has 0 saturated carbocycles. The molecule has 0 saturated heterocycles. The fourth-order valence-electron chi connectivity index (χ4n) is 2.57. The molecule has 0 spiro atoms. The third-order valence-corrected chi connectivity index (χ3v) is 3.92. The largest absolute Gasteiger partial charge is 0.382 e. The Morgan fingerprint density at radius 3 is 2.31 bits per heavy atom. The molecule has 0 aromatic heterocycles. The number of hydrogen-bond acceptors (Lipinski definition) is 3. The summed E-state index contributed by atoms with van der Waals surface area (Å²) < 4.78 is 5.26. The smallest absolute Gasteiger partial charge is 0.251 e. The van der Waals surface area contributed by atoms with Crippen LogP contribution < -0.4 is 10.6 Å². The molecule has 0 aliphatic heterocycles. The summed E-state index contributed by atoms with van der Waals surface area (Å²) in [5, 5.41) is 5.85. The maximum atomic E-state index is 12.5. The molecule has 0 bridgehead atoms. The van der Waals surface area contributed by atoms with Gasteiger partial charge in [0, 0.05) is 25.3 Å². The Balaban J connectivity index is 1.96. The lowest BCUT2D eigenvalue weighted by Crippen LogP contribution is -2.34. The number of ether oxygens (including phenoxy) is 1. The van der Waals surface area contributed by atoms with Gasteiger partial charge in [-0.3, -0.25) is 9.59 Å². The van der Waals surface area contributed by atoms with E-state index in [4.69, 9.17) is 4.74 Å². The minimum Gasteiger partial charge on any atom is -0.382 e. The van der Waals surface area contributed by atoms with Gasteiger partial charge in [0.2, 0.25) is 5.91 Å². The third kappa shape index (κ3) is 6.69. The number of amides is 2. The van der Waals surface area contributed by atoms with Crippen molar-refractivity contribution >= 4 is 11.8 Å². The van der Waals surface area contributed by atoms with E-state index in [9.17, 15) is 9.59 Å². The Morgan fingerprint density at radius 1 is 1.00 bits per heavy atom. The van der Waals surface area contributed by atoms with E-state index in [2.05, 4.69) is 10.6 Å². The first kappa shape index (κ1) is 19.7. The molecule has 0 aliphatic carbocycles. The first-order valence-corrected chi connectivity index (χ1v) is 8.96. The zero-order valence-corrected chi connectivity index (χ0v) is 15.1. The molecule has 2 N–H and O–H groups in total. The van der Waals surface area contributed by atoms with Gasteiger partial charge in [-0.1, -0.05) is 48.5 Å². The van der Waals surface area contributed by atoms with Gasteiger partial charge >= 0.3 is 0 Å². The highest BCUT2D eigenvalue weighted by molar-refractivity contribution is 5.94. The predicted octanol–water partition coefficient (Wildman–Crippen LogP) is 3.09. The summed E-state index contributed by atoms with van der Waals surface area (Å²) in [6, 6.07) is 18.2. The van der Waals surface area contributed by atoms with Crippen molar-refractivity contribution in [1.82, 2.24) is 10.6 Å². The molecule has 5 heteroatoms. The van der Waals surface area contributed by atoms with Crippen LogP contribution in [0, 0.1) is 0 Å². The molecular weight excluding hydrogens is 328 g/mol. The zero-order valence-electron chi connectivity index (χ0n) is 15.1. The van der Waals surface area contributed by atoms with E-state index in [-0.39, 0.29) is 24.3 Å². The van der Waals surface area contributed by atoms with E-state index in [0.717, 1.165) is 12.0 Å². The van der Waals surface area contributed by atoms with E-state index in [1.165, 1.54) is 0 Å². The SMILES string of the molecule is CCOCCCNC(=O)CC(NC(=O)c1ccccc1)c1ccccc1. The lowest BCUT2D eigenvalue weighted by Gasteiger charge is -2.19. The Labute approximate surface area is 154 Å². The molecule has 2 aromatic rings. The molecule has 1 atom stereocenters. The first-order chi connectivity index (χ1) is 12.7. The van der Waals surface area contributed by atoms with E-state index in [1.54, 1.807) is 12.1 Å². The van der Waals surface area contributed by atoms with Gasteiger partial charge in [0.15, 0.2) is 0 Å². The molecule has 5 nitrogen and oxygen atoms in total. The lowest BCUT2D eigenvalue weighted by molar-refractivity contribution is -0.121. The molecule has 0 fully saturated rings. The molecule has 0 aliphatic rings. The fourth-order valence-corrected chi connectivity index (χ4v) is 2.57. The highest BCUT2D eigenvalue weighted by Gasteiger charge is 2.19.